The number of carbonyl (C=O) groups is 1. The van der Waals surface area contributed by atoms with Crippen LogP contribution < -0.4 is 10.2 Å². The molecule has 0 radical (unpaired) electrons. The van der Waals surface area contributed by atoms with Gasteiger partial charge in [0.15, 0.2) is 23.3 Å². The molecule has 0 bridgehead atoms. The summed E-state index contributed by atoms with van der Waals surface area (Å²) < 4.78 is 27.1. The molecule has 4 aromatic rings. The van der Waals surface area contributed by atoms with Gasteiger partial charge in [-0.1, -0.05) is 36.4 Å². The van der Waals surface area contributed by atoms with E-state index in [4.69, 9.17) is 0 Å². The van der Waals surface area contributed by atoms with Crippen LogP contribution in [0.2, 0.25) is 0 Å². The van der Waals surface area contributed by atoms with Crippen molar-refractivity contribution in [2.45, 2.75) is 13.0 Å². The van der Waals surface area contributed by atoms with Gasteiger partial charge in [0.05, 0.1) is 12.7 Å². The van der Waals surface area contributed by atoms with E-state index in [2.05, 4.69) is 20.3 Å². The molecule has 0 atom stereocenters. The van der Waals surface area contributed by atoms with E-state index in [-0.39, 0.29) is 5.82 Å². The molecule has 2 heterocycles. The molecule has 8 heteroatoms. The van der Waals surface area contributed by atoms with Crippen LogP contribution in [0.25, 0.3) is 11.4 Å². The van der Waals surface area contributed by atoms with Crippen LogP contribution in [0.1, 0.15) is 11.3 Å². The summed E-state index contributed by atoms with van der Waals surface area (Å²) in [5, 5.41) is 3.24. The molecule has 4 rings (SSSR count). The number of rotatable bonds is 9. The Morgan fingerprint density at radius 3 is 2.48 bits per heavy atom. The second kappa shape index (κ2) is 10.4. The fourth-order valence-electron chi connectivity index (χ4n) is 3.30. The van der Waals surface area contributed by atoms with Gasteiger partial charge < -0.3 is 10.2 Å². The average Bonchev–Trinajstić information content (AvgIpc) is 2.86. The Labute approximate surface area is 190 Å². The lowest BCUT2D eigenvalue weighted by Crippen LogP contribution is -2.23. The van der Waals surface area contributed by atoms with E-state index in [0.29, 0.717) is 43.0 Å². The highest BCUT2D eigenvalue weighted by Crippen LogP contribution is 2.27. The Morgan fingerprint density at radius 2 is 1.76 bits per heavy atom. The first-order chi connectivity index (χ1) is 16.1. The molecule has 0 aliphatic carbocycles. The quantitative estimate of drug-likeness (QED) is 0.380. The lowest BCUT2D eigenvalue weighted by atomic mass is 10.2. The van der Waals surface area contributed by atoms with Crippen LogP contribution in [0.5, 0.6) is 0 Å². The molecule has 2 aromatic heterocycles. The van der Waals surface area contributed by atoms with Gasteiger partial charge in [-0.05, 0) is 35.9 Å². The van der Waals surface area contributed by atoms with Crippen molar-refractivity contribution in [3.8, 4) is 11.4 Å². The maximum atomic E-state index is 13.8. The zero-order chi connectivity index (χ0) is 23.0. The lowest BCUT2D eigenvalue weighted by Gasteiger charge is -2.21. The van der Waals surface area contributed by atoms with E-state index in [0.717, 1.165) is 23.4 Å². The van der Waals surface area contributed by atoms with E-state index >= 15 is 0 Å². The van der Waals surface area contributed by atoms with Crippen molar-refractivity contribution in [1.82, 2.24) is 15.0 Å². The van der Waals surface area contributed by atoms with Gasteiger partial charge in [0.1, 0.15) is 5.69 Å². The van der Waals surface area contributed by atoms with Gasteiger partial charge in [-0.2, -0.15) is 0 Å². The molecule has 0 aliphatic heterocycles. The molecule has 166 valence electrons. The number of hydrogen-bond acceptors (Lipinski definition) is 5. The Kier molecular flexibility index (Phi) is 6.94. The Bertz CT molecular complexity index is 1220. The molecular formula is C25H21F2N5O. The standard InChI is InChI=1S/C25H21F2N5O/c26-21-10-9-19(14-22(21)27)24-30-15-23(32(17-33)16-18-6-2-1-3-7-18)25(31-24)29-13-11-20-8-4-5-12-28-20/h1-10,12,14-15,17H,11,13,16H2,(H,29,30,31). The minimum Gasteiger partial charge on any atom is -0.368 e. The Balaban J connectivity index is 1.64. The third-order valence-electron chi connectivity index (χ3n) is 4.98. The molecule has 2 aromatic carbocycles. The van der Waals surface area contributed by atoms with Crippen molar-refractivity contribution in [2.75, 3.05) is 16.8 Å². The monoisotopic (exact) mass is 445 g/mol. The average molecular weight is 445 g/mol. The summed E-state index contributed by atoms with van der Waals surface area (Å²) in [4.78, 5) is 26.6. The number of halogens is 2. The van der Waals surface area contributed by atoms with Gasteiger partial charge in [0, 0.05) is 30.4 Å². The SMILES string of the molecule is O=CN(Cc1ccccc1)c1cnc(-c2ccc(F)c(F)c2)nc1NCCc1ccccn1. The van der Waals surface area contributed by atoms with Crippen LogP contribution in [0.15, 0.2) is 79.1 Å². The molecule has 0 saturated heterocycles. The highest BCUT2D eigenvalue weighted by molar-refractivity contribution is 5.82. The number of amides is 1. The van der Waals surface area contributed by atoms with Crippen LogP contribution in [-0.4, -0.2) is 27.9 Å². The topological polar surface area (TPSA) is 71.0 Å². The predicted molar refractivity (Wildman–Crippen MR) is 123 cm³/mol. The first kappa shape index (κ1) is 22.0. The van der Waals surface area contributed by atoms with Gasteiger partial charge in [-0.25, -0.2) is 18.7 Å². The summed E-state index contributed by atoms with van der Waals surface area (Å²) in [6.07, 6.45) is 4.57. The first-order valence-corrected chi connectivity index (χ1v) is 10.4. The molecule has 6 nitrogen and oxygen atoms in total. The van der Waals surface area contributed by atoms with Crippen LogP contribution in [0.3, 0.4) is 0 Å². The number of hydrogen-bond donors (Lipinski definition) is 1. The van der Waals surface area contributed by atoms with E-state index in [1.54, 1.807) is 6.20 Å². The van der Waals surface area contributed by atoms with Gasteiger partial charge in [0.25, 0.3) is 0 Å². The van der Waals surface area contributed by atoms with E-state index < -0.39 is 11.6 Å². The maximum absolute atomic E-state index is 13.8. The zero-order valence-electron chi connectivity index (χ0n) is 17.7. The summed E-state index contributed by atoms with van der Waals surface area (Å²) in [5.74, 6) is -1.31. The zero-order valence-corrected chi connectivity index (χ0v) is 17.7. The predicted octanol–water partition coefficient (Wildman–Crippen LogP) is 4.63. The van der Waals surface area contributed by atoms with Crippen molar-refractivity contribution < 1.29 is 13.6 Å². The van der Waals surface area contributed by atoms with Gasteiger partial charge >= 0.3 is 0 Å². The van der Waals surface area contributed by atoms with Crippen molar-refractivity contribution in [1.29, 1.82) is 0 Å². The lowest BCUT2D eigenvalue weighted by molar-refractivity contribution is -0.107. The summed E-state index contributed by atoms with van der Waals surface area (Å²) >= 11 is 0. The number of nitrogens with zero attached hydrogens (tertiary/aromatic N) is 4. The first-order valence-electron chi connectivity index (χ1n) is 10.4. The molecule has 0 unspecified atom stereocenters. The molecule has 0 spiro atoms. The molecule has 0 saturated carbocycles. The van der Waals surface area contributed by atoms with Crippen molar-refractivity contribution in [3.63, 3.8) is 0 Å². The Morgan fingerprint density at radius 1 is 0.939 bits per heavy atom. The van der Waals surface area contributed by atoms with Gasteiger partial charge in [0.2, 0.25) is 6.41 Å². The summed E-state index contributed by atoms with van der Waals surface area (Å²) in [5.41, 5.74) is 2.64. The second-order valence-corrected chi connectivity index (χ2v) is 7.27. The van der Waals surface area contributed by atoms with E-state index in [9.17, 15) is 13.6 Å². The van der Waals surface area contributed by atoms with Crippen LogP contribution in [0.4, 0.5) is 20.3 Å². The summed E-state index contributed by atoms with van der Waals surface area (Å²) in [6.45, 7) is 0.823. The number of anilines is 2. The summed E-state index contributed by atoms with van der Waals surface area (Å²) in [6, 6.07) is 18.7. The highest BCUT2D eigenvalue weighted by atomic mass is 19.2. The van der Waals surface area contributed by atoms with E-state index in [1.807, 2.05) is 48.5 Å². The summed E-state index contributed by atoms with van der Waals surface area (Å²) in [7, 11) is 0. The van der Waals surface area contributed by atoms with Crippen molar-refractivity contribution >= 4 is 17.9 Å². The molecule has 33 heavy (non-hydrogen) atoms. The van der Waals surface area contributed by atoms with Crippen LogP contribution >= 0.6 is 0 Å². The van der Waals surface area contributed by atoms with Crippen LogP contribution in [-0.2, 0) is 17.8 Å². The number of benzene rings is 2. The molecule has 1 amide bonds. The Hall–Kier alpha value is -4.20. The van der Waals surface area contributed by atoms with Crippen LogP contribution in [0, 0.1) is 11.6 Å². The molecule has 0 fully saturated rings. The fraction of sp³-hybridized carbons (Fsp3) is 0.120. The third-order valence-corrected chi connectivity index (χ3v) is 4.98. The highest BCUT2D eigenvalue weighted by Gasteiger charge is 2.16. The molecular weight excluding hydrogens is 424 g/mol. The fourth-order valence-corrected chi connectivity index (χ4v) is 3.30. The minimum atomic E-state index is -0.983. The number of aromatic nitrogens is 3. The van der Waals surface area contributed by atoms with Crippen molar-refractivity contribution in [3.05, 3.63) is 102 Å². The maximum Gasteiger partial charge on any atom is 0.214 e. The number of pyridine rings is 1. The van der Waals surface area contributed by atoms with Gasteiger partial charge in [-0.15, -0.1) is 0 Å². The number of carbonyl (C=O) groups excluding carboxylic acids is 1. The second-order valence-electron chi connectivity index (χ2n) is 7.27. The van der Waals surface area contributed by atoms with Gasteiger partial charge in [-0.3, -0.25) is 9.78 Å². The minimum absolute atomic E-state index is 0.212. The molecule has 0 aliphatic rings. The normalized spacial score (nSPS) is 10.6. The van der Waals surface area contributed by atoms with Crippen molar-refractivity contribution in [2.24, 2.45) is 0 Å². The largest absolute Gasteiger partial charge is 0.368 e. The molecule has 1 N–H and O–H groups in total. The third kappa shape index (κ3) is 5.54. The van der Waals surface area contributed by atoms with E-state index in [1.165, 1.54) is 17.2 Å². The smallest absolute Gasteiger partial charge is 0.214 e. The number of nitrogens with one attached hydrogen (secondary N) is 1.